The molecule has 0 spiro atoms. The molecule has 0 aromatic heterocycles. The van der Waals surface area contributed by atoms with Gasteiger partial charge in [-0.25, -0.2) is 0 Å². The minimum atomic E-state index is 0.168. The van der Waals surface area contributed by atoms with Crippen molar-refractivity contribution in [2.75, 3.05) is 0 Å². The van der Waals surface area contributed by atoms with Gasteiger partial charge >= 0.3 is 0 Å². The lowest BCUT2D eigenvalue weighted by Gasteiger charge is -2.09. The van der Waals surface area contributed by atoms with Crippen LogP contribution in [0.15, 0.2) is 65.3 Å². The summed E-state index contributed by atoms with van der Waals surface area (Å²) in [5.41, 5.74) is 4.24. The van der Waals surface area contributed by atoms with E-state index in [1.54, 1.807) is 0 Å². The maximum atomic E-state index is 11.6. The number of rotatable bonds is 4. The topological polar surface area (TPSA) is 17.1 Å². The van der Waals surface area contributed by atoms with Crippen molar-refractivity contribution in [3.63, 3.8) is 0 Å². The predicted molar refractivity (Wildman–Crippen MR) is 80.0 cm³/mol. The maximum absolute atomic E-state index is 11.6. The van der Waals surface area contributed by atoms with Gasteiger partial charge in [-0.05, 0) is 67.5 Å². The van der Waals surface area contributed by atoms with Crippen molar-refractivity contribution in [2.24, 2.45) is 0 Å². The summed E-state index contributed by atoms with van der Waals surface area (Å²) in [4.78, 5) is 11.6. The number of carbonyl (C=O) groups is 1. The second-order valence-electron chi connectivity index (χ2n) is 5.07. The zero-order valence-corrected chi connectivity index (χ0v) is 11.6. The van der Waals surface area contributed by atoms with E-state index in [2.05, 4.69) is 30.3 Å². The number of carbonyl (C=O) groups excluding carboxylic acids is 1. The Morgan fingerprint density at radius 2 is 1.63 bits per heavy atom. The normalized spacial score (nSPS) is 15.1. The fraction of sp³-hybridized carbons (Fsp3) is 0.278. The van der Waals surface area contributed by atoms with Gasteiger partial charge in [0.15, 0.2) is 5.78 Å². The summed E-state index contributed by atoms with van der Waals surface area (Å²) in [6.07, 6.45) is 9.49. The highest BCUT2D eigenvalue weighted by Crippen LogP contribution is 2.19. The van der Waals surface area contributed by atoms with Crippen molar-refractivity contribution in [1.29, 1.82) is 0 Å². The van der Waals surface area contributed by atoms with Gasteiger partial charge in [0.05, 0.1) is 0 Å². The van der Waals surface area contributed by atoms with E-state index in [1.807, 2.05) is 32.1 Å². The van der Waals surface area contributed by atoms with Crippen LogP contribution in [-0.4, -0.2) is 5.78 Å². The van der Waals surface area contributed by atoms with Crippen LogP contribution in [-0.2, 0) is 11.2 Å². The van der Waals surface area contributed by atoms with E-state index in [0.29, 0.717) is 0 Å². The first-order valence-corrected chi connectivity index (χ1v) is 6.82. The largest absolute Gasteiger partial charge is 0.289 e. The molecule has 0 radical (unpaired) electrons. The Morgan fingerprint density at radius 1 is 1.00 bits per heavy atom. The Kier molecular flexibility index (Phi) is 4.51. The van der Waals surface area contributed by atoms with E-state index >= 15 is 0 Å². The van der Waals surface area contributed by atoms with E-state index in [1.165, 1.54) is 11.1 Å². The number of unbranched alkanes of at least 4 members (excludes halogenated alkanes) is 1. The molecule has 1 nitrogen and oxygen atoms in total. The first-order chi connectivity index (χ1) is 9.16. The molecule has 0 saturated carbocycles. The second kappa shape index (κ2) is 6.33. The Bertz CT molecular complexity index is 520. The number of allylic oxidation sites excluding steroid dienone is 6. The van der Waals surface area contributed by atoms with Crippen molar-refractivity contribution in [2.45, 2.75) is 33.1 Å². The number of ketones is 1. The Labute approximate surface area is 115 Å². The smallest absolute Gasteiger partial charge is 0.184 e. The van der Waals surface area contributed by atoms with Crippen LogP contribution in [0.2, 0.25) is 0 Å². The summed E-state index contributed by atoms with van der Waals surface area (Å²) in [5, 5.41) is 0. The number of Topliss-reactive ketones (excluding diaryl/α,β-unsaturated/α-hetero) is 1. The second-order valence-corrected chi connectivity index (χ2v) is 5.07. The average molecular weight is 252 g/mol. The highest BCUT2D eigenvalue weighted by Gasteiger charge is 2.12. The molecule has 0 saturated heterocycles. The summed E-state index contributed by atoms with van der Waals surface area (Å²) >= 11 is 0. The number of benzene rings is 1. The molecular weight excluding hydrogens is 232 g/mol. The minimum absolute atomic E-state index is 0.168. The molecule has 0 N–H and O–H groups in total. The van der Waals surface area contributed by atoms with Gasteiger partial charge in [-0.3, -0.25) is 4.79 Å². The molecule has 1 heteroatoms. The number of hydrogen-bond acceptors (Lipinski definition) is 1. The fourth-order valence-electron chi connectivity index (χ4n) is 2.32. The highest BCUT2D eigenvalue weighted by atomic mass is 16.1. The van der Waals surface area contributed by atoms with E-state index in [0.717, 1.165) is 30.4 Å². The van der Waals surface area contributed by atoms with Crippen molar-refractivity contribution in [3.05, 3.63) is 70.8 Å². The lowest BCUT2D eigenvalue weighted by atomic mass is 9.95. The van der Waals surface area contributed by atoms with Gasteiger partial charge in [0.1, 0.15) is 0 Å². The summed E-state index contributed by atoms with van der Waals surface area (Å²) in [6.45, 7) is 3.77. The molecule has 0 fully saturated rings. The van der Waals surface area contributed by atoms with Crippen LogP contribution in [0, 0.1) is 0 Å². The standard InChI is InChI=1S/C18H20O/c1-14-12-17(13-15(2)18(14)19)11-7-6-10-16-8-4-3-5-9-16/h3-5,8-9,11-13H,6-7,10H2,1-2H3. The van der Waals surface area contributed by atoms with Gasteiger partial charge in [0.25, 0.3) is 0 Å². The van der Waals surface area contributed by atoms with Crippen LogP contribution in [0.5, 0.6) is 0 Å². The summed E-state index contributed by atoms with van der Waals surface area (Å²) < 4.78 is 0. The molecule has 1 aliphatic rings. The van der Waals surface area contributed by atoms with Gasteiger partial charge < -0.3 is 0 Å². The lowest BCUT2D eigenvalue weighted by molar-refractivity contribution is -0.112. The molecule has 0 bridgehead atoms. The van der Waals surface area contributed by atoms with Gasteiger partial charge in [-0.15, -0.1) is 0 Å². The van der Waals surface area contributed by atoms with Crippen LogP contribution in [0.4, 0.5) is 0 Å². The predicted octanol–water partition coefficient (Wildman–Crippen LogP) is 4.41. The van der Waals surface area contributed by atoms with Crippen molar-refractivity contribution < 1.29 is 4.79 Å². The van der Waals surface area contributed by atoms with Crippen LogP contribution in [0.3, 0.4) is 0 Å². The summed E-state index contributed by atoms with van der Waals surface area (Å²) in [6, 6.07) is 10.5. The van der Waals surface area contributed by atoms with Crippen molar-refractivity contribution in [1.82, 2.24) is 0 Å². The lowest BCUT2D eigenvalue weighted by Crippen LogP contribution is -2.05. The first kappa shape index (κ1) is 13.5. The van der Waals surface area contributed by atoms with Crippen LogP contribution < -0.4 is 0 Å². The van der Waals surface area contributed by atoms with Crippen LogP contribution >= 0.6 is 0 Å². The molecule has 19 heavy (non-hydrogen) atoms. The average Bonchev–Trinajstić information content (AvgIpc) is 2.42. The van der Waals surface area contributed by atoms with Crippen molar-refractivity contribution >= 4 is 5.78 Å². The third kappa shape index (κ3) is 3.78. The first-order valence-electron chi connectivity index (χ1n) is 6.82. The molecule has 0 atom stereocenters. The molecule has 1 aromatic rings. The molecule has 98 valence electrons. The zero-order valence-electron chi connectivity index (χ0n) is 11.6. The minimum Gasteiger partial charge on any atom is -0.289 e. The Morgan fingerprint density at radius 3 is 2.26 bits per heavy atom. The maximum Gasteiger partial charge on any atom is 0.184 e. The van der Waals surface area contributed by atoms with Crippen molar-refractivity contribution in [3.8, 4) is 0 Å². The molecule has 0 unspecified atom stereocenters. The molecule has 0 heterocycles. The Balaban J connectivity index is 1.88. The number of hydrogen-bond donors (Lipinski definition) is 0. The van der Waals surface area contributed by atoms with E-state index < -0.39 is 0 Å². The summed E-state index contributed by atoms with van der Waals surface area (Å²) in [7, 11) is 0. The molecule has 1 aliphatic carbocycles. The van der Waals surface area contributed by atoms with Gasteiger partial charge in [-0.1, -0.05) is 36.4 Å². The third-order valence-corrected chi connectivity index (χ3v) is 3.38. The zero-order chi connectivity index (χ0) is 13.7. The van der Waals surface area contributed by atoms with E-state index in [9.17, 15) is 4.79 Å². The van der Waals surface area contributed by atoms with Crippen LogP contribution in [0.1, 0.15) is 32.3 Å². The summed E-state index contributed by atoms with van der Waals surface area (Å²) in [5.74, 6) is 0.168. The molecule has 0 amide bonds. The van der Waals surface area contributed by atoms with Gasteiger partial charge in [0.2, 0.25) is 0 Å². The highest BCUT2D eigenvalue weighted by molar-refractivity contribution is 6.09. The Hall–Kier alpha value is -1.89. The SMILES string of the molecule is CC1=CC(=CCCCc2ccccc2)C=C(C)C1=O. The van der Waals surface area contributed by atoms with Gasteiger partial charge in [0, 0.05) is 0 Å². The van der Waals surface area contributed by atoms with E-state index in [4.69, 9.17) is 0 Å². The third-order valence-electron chi connectivity index (χ3n) is 3.38. The van der Waals surface area contributed by atoms with Gasteiger partial charge in [-0.2, -0.15) is 0 Å². The number of aryl methyl sites for hydroxylation is 1. The molecule has 0 aliphatic heterocycles. The fourth-order valence-corrected chi connectivity index (χ4v) is 2.32. The molecular formula is C18H20O. The quantitative estimate of drug-likeness (QED) is 0.725. The van der Waals surface area contributed by atoms with Crippen LogP contribution in [0.25, 0.3) is 0 Å². The monoisotopic (exact) mass is 252 g/mol. The van der Waals surface area contributed by atoms with E-state index in [-0.39, 0.29) is 5.78 Å². The molecule has 2 rings (SSSR count). The molecule has 1 aromatic carbocycles.